The molecule has 270 valence electrons. The molecule has 0 bridgehead atoms. The third-order valence-electron chi connectivity index (χ3n) is 8.31. The van der Waals surface area contributed by atoms with Gasteiger partial charge in [0.25, 0.3) is 0 Å². The van der Waals surface area contributed by atoms with Crippen LogP contribution in [0.4, 0.5) is 0 Å². The molecule has 0 aliphatic rings. The van der Waals surface area contributed by atoms with Gasteiger partial charge in [-0.05, 0) is 123 Å². The van der Waals surface area contributed by atoms with Crippen molar-refractivity contribution in [1.29, 1.82) is 0 Å². The lowest BCUT2D eigenvalue weighted by atomic mass is 10.1. The molecule has 10 rings (SSSR count). The number of rotatable bonds is 0. The molecule has 0 radical (unpaired) electrons. The number of aryl methyl sites for hydroxylation is 5. The summed E-state index contributed by atoms with van der Waals surface area (Å²) in [7, 11) is 0. The van der Waals surface area contributed by atoms with E-state index in [-0.39, 0.29) is 0 Å². The standard InChI is InChI=1S/C10H9N.4C9H8N2/c1-8-4-5-9-3-2-6-11-10(9)7-8;1-7-2-3-8-5-10-6-11-9(8)4-7;1-7-2-3-8-9(6-7)11-5-4-10-8;1-7-2-3-8-4-5-10-11-9(8)6-7;1-7-5-9-8(11-6-7)3-2-4-10-9/h2-7H,1H3;4*2-6H,1H3. The van der Waals surface area contributed by atoms with Gasteiger partial charge in [0, 0.05) is 53.3 Å². The van der Waals surface area contributed by atoms with Crippen LogP contribution >= 0.6 is 0 Å². The van der Waals surface area contributed by atoms with E-state index in [1.165, 1.54) is 27.6 Å². The quantitative estimate of drug-likeness (QED) is 0.151. The van der Waals surface area contributed by atoms with E-state index in [2.05, 4.69) is 107 Å². The number of hydrogen-bond donors (Lipinski definition) is 0. The predicted octanol–water partition coefficient (Wildman–Crippen LogP) is 10.3. The highest BCUT2D eigenvalue weighted by Crippen LogP contribution is 2.14. The van der Waals surface area contributed by atoms with Gasteiger partial charge in [0.15, 0.2) is 0 Å². The van der Waals surface area contributed by atoms with Crippen molar-refractivity contribution in [2.45, 2.75) is 34.6 Å². The molecule has 6 heterocycles. The van der Waals surface area contributed by atoms with Gasteiger partial charge >= 0.3 is 0 Å². The van der Waals surface area contributed by atoms with E-state index >= 15 is 0 Å². The summed E-state index contributed by atoms with van der Waals surface area (Å²) in [5.74, 6) is 0. The summed E-state index contributed by atoms with van der Waals surface area (Å²) in [5, 5.41) is 11.2. The fourth-order valence-corrected chi connectivity index (χ4v) is 5.48. The van der Waals surface area contributed by atoms with Crippen molar-refractivity contribution >= 4 is 54.8 Å². The largest absolute Gasteiger partial charge is 0.256 e. The molecule has 0 aliphatic heterocycles. The van der Waals surface area contributed by atoms with Gasteiger partial charge < -0.3 is 0 Å². The van der Waals surface area contributed by atoms with Crippen LogP contribution in [0.3, 0.4) is 0 Å². The maximum Gasteiger partial charge on any atom is 0.116 e. The van der Waals surface area contributed by atoms with Crippen molar-refractivity contribution in [3.63, 3.8) is 0 Å². The Bertz CT molecular complexity index is 2360. The fourth-order valence-electron chi connectivity index (χ4n) is 5.48. The van der Waals surface area contributed by atoms with Crippen LogP contribution in [0.15, 0.2) is 159 Å². The van der Waals surface area contributed by atoms with E-state index in [1.54, 1.807) is 31.1 Å². The molecule has 0 saturated heterocycles. The first kappa shape index (κ1) is 37.6. The normalized spacial score (nSPS) is 10.3. The van der Waals surface area contributed by atoms with E-state index in [4.69, 9.17) is 0 Å². The Balaban J connectivity index is 0.000000117. The van der Waals surface area contributed by atoms with Crippen molar-refractivity contribution < 1.29 is 0 Å². The maximum absolute atomic E-state index is 4.24. The second kappa shape index (κ2) is 18.6. The van der Waals surface area contributed by atoms with Crippen LogP contribution in [0.1, 0.15) is 27.8 Å². The molecule has 0 N–H and O–H groups in total. The first-order valence-electron chi connectivity index (χ1n) is 17.8. The summed E-state index contributed by atoms with van der Waals surface area (Å²) >= 11 is 0. The SMILES string of the molecule is Cc1ccc2cccnc2c1.Cc1ccc2ccnnc2c1.Cc1ccc2cncnc2c1.Cc1ccc2nccnc2c1.Cc1cnc2cccnc2c1. The topological polar surface area (TPSA) is 116 Å². The smallest absolute Gasteiger partial charge is 0.116 e. The lowest BCUT2D eigenvalue weighted by molar-refractivity contribution is 1.07. The molecule has 9 nitrogen and oxygen atoms in total. The molecule has 0 spiro atoms. The predicted molar refractivity (Wildman–Crippen MR) is 224 cm³/mol. The second-order valence-corrected chi connectivity index (χ2v) is 13.0. The van der Waals surface area contributed by atoms with Crippen molar-refractivity contribution in [1.82, 2.24) is 45.1 Å². The molecule has 0 unspecified atom stereocenters. The first-order chi connectivity index (χ1) is 26.8. The third kappa shape index (κ3) is 10.9. The number of nitrogens with zero attached hydrogens (tertiary/aromatic N) is 9. The summed E-state index contributed by atoms with van der Waals surface area (Å²) in [5.41, 5.74) is 13.0. The van der Waals surface area contributed by atoms with Gasteiger partial charge in [0.05, 0.1) is 44.8 Å². The van der Waals surface area contributed by atoms with Crippen molar-refractivity contribution in [3.05, 3.63) is 187 Å². The molecule has 0 amide bonds. The monoisotopic (exact) mass is 719 g/mol. The van der Waals surface area contributed by atoms with Crippen LogP contribution in [0, 0.1) is 34.6 Å². The van der Waals surface area contributed by atoms with Gasteiger partial charge in [0.2, 0.25) is 0 Å². The van der Waals surface area contributed by atoms with E-state index in [9.17, 15) is 0 Å². The molecule has 0 aliphatic carbocycles. The lowest BCUT2D eigenvalue weighted by Gasteiger charge is -1.95. The molecule has 9 heteroatoms. The van der Waals surface area contributed by atoms with Crippen LogP contribution in [0.25, 0.3) is 54.8 Å². The number of benzene rings is 4. The van der Waals surface area contributed by atoms with Crippen LogP contribution in [-0.2, 0) is 0 Å². The molecule has 6 aromatic heterocycles. The van der Waals surface area contributed by atoms with Gasteiger partial charge in [-0.3, -0.25) is 24.9 Å². The summed E-state index contributed by atoms with van der Waals surface area (Å²) in [6.45, 7) is 10.2. The summed E-state index contributed by atoms with van der Waals surface area (Å²) in [6.07, 6.45) is 14.0. The lowest BCUT2D eigenvalue weighted by Crippen LogP contribution is -1.82. The van der Waals surface area contributed by atoms with Gasteiger partial charge in [0.1, 0.15) is 6.33 Å². The maximum atomic E-state index is 4.24. The minimum absolute atomic E-state index is 0.957. The Hall–Kier alpha value is -7.13. The molecule has 55 heavy (non-hydrogen) atoms. The zero-order valence-corrected chi connectivity index (χ0v) is 31.5. The highest BCUT2D eigenvalue weighted by molar-refractivity contribution is 5.80. The first-order valence-corrected chi connectivity index (χ1v) is 17.8. The van der Waals surface area contributed by atoms with Gasteiger partial charge in [-0.2, -0.15) is 10.2 Å². The minimum atomic E-state index is 0.957. The fraction of sp³-hybridized carbons (Fsp3) is 0.109. The Kier molecular flexibility index (Phi) is 12.7. The van der Waals surface area contributed by atoms with E-state index in [0.29, 0.717) is 0 Å². The van der Waals surface area contributed by atoms with E-state index < -0.39 is 0 Å². The van der Waals surface area contributed by atoms with Crippen molar-refractivity contribution in [2.75, 3.05) is 0 Å². The van der Waals surface area contributed by atoms with Crippen LogP contribution in [0.5, 0.6) is 0 Å². The highest BCUT2D eigenvalue weighted by Gasteiger charge is 1.95. The number of fused-ring (bicyclic) bond motifs is 5. The van der Waals surface area contributed by atoms with Gasteiger partial charge in [-0.1, -0.05) is 48.5 Å². The molecular weight excluding hydrogens is 679 g/mol. The summed E-state index contributed by atoms with van der Waals surface area (Å²) < 4.78 is 0. The van der Waals surface area contributed by atoms with Gasteiger partial charge in [-0.15, -0.1) is 0 Å². The van der Waals surface area contributed by atoms with Gasteiger partial charge in [-0.25, -0.2) is 9.97 Å². The Morgan fingerprint density at radius 3 is 1.56 bits per heavy atom. The molecule has 10 aromatic rings. The average molecular weight is 720 g/mol. The Morgan fingerprint density at radius 2 is 0.836 bits per heavy atom. The third-order valence-corrected chi connectivity index (χ3v) is 8.31. The zero-order chi connectivity index (χ0) is 38.4. The van der Waals surface area contributed by atoms with Crippen LogP contribution in [0.2, 0.25) is 0 Å². The number of pyridine rings is 3. The number of aromatic nitrogens is 9. The second-order valence-electron chi connectivity index (χ2n) is 13.0. The highest BCUT2D eigenvalue weighted by atomic mass is 15.1. The van der Waals surface area contributed by atoms with Crippen LogP contribution < -0.4 is 0 Å². The molecule has 0 fully saturated rings. The van der Waals surface area contributed by atoms with Crippen LogP contribution in [-0.4, -0.2) is 45.1 Å². The summed E-state index contributed by atoms with van der Waals surface area (Å²) in [4.78, 5) is 29.0. The molecule has 0 atom stereocenters. The minimum Gasteiger partial charge on any atom is -0.256 e. The Morgan fingerprint density at radius 1 is 0.327 bits per heavy atom. The zero-order valence-electron chi connectivity index (χ0n) is 31.5. The van der Waals surface area contributed by atoms with Crippen molar-refractivity contribution in [3.8, 4) is 0 Å². The summed E-state index contributed by atoms with van der Waals surface area (Å²) in [6, 6.07) is 36.5. The van der Waals surface area contributed by atoms with E-state index in [1.807, 2.05) is 100 Å². The number of hydrogen-bond acceptors (Lipinski definition) is 9. The van der Waals surface area contributed by atoms with E-state index in [0.717, 1.165) is 55.0 Å². The van der Waals surface area contributed by atoms with Crippen molar-refractivity contribution in [2.24, 2.45) is 0 Å². The molecular formula is C46H41N9. The molecule has 4 aromatic carbocycles. The molecule has 0 saturated carbocycles. The Labute approximate surface area is 320 Å². The average Bonchev–Trinajstić information content (AvgIpc) is 3.21.